The van der Waals surface area contributed by atoms with E-state index < -0.39 is 30.3 Å². The van der Waals surface area contributed by atoms with Crippen molar-refractivity contribution in [2.75, 3.05) is 19.7 Å². The van der Waals surface area contributed by atoms with Crippen LogP contribution < -0.4 is 5.56 Å². The summed E-state index contributed by atoms with van der Waals surface area (Å²) in [6.07, 6.45) is -6.55. The van der Waals surface area contributed by atoms with Crippen molar-refractivity contribution in [3.05, 3.63) is 33.2 Å². The molecule has 5 nitrogen and oxygen atoms in total. The molecule has 0 aromatic carbocycles. The van der Waals surface area contributed by atoms with Gasteiger partial charge in [-0.05, 0) is 32.4 Å². The Balaban J connectivity index is 2.36. The van der Waals surface area contributed by atoms with Crippen molar-refractivity contribution in [3.8, 4) is 0 Å². The molecule has 1 atom stereocenters. The number of nitrogens with zero attached hydrogens (tertiary/aromatic N) is 2. The van der Waals surface area contributed by atoms with Gasteiger partial charge < -0.3 is 14.2 Å². The lowest BCUT2D eigenvalue weighted by atomic mass is 10.1. The van der Waals surface area contributed by atoms with Crippen LogP contribution in [0.2, 0.25) is 0 Å². The summed E-state index contributed by atoms with van der Waals surface area (Å²) in [5.41, 5.74) is 0.643. The highest BCUT2D eigenvalue weighted by molar-refractivity contribution is 5.95. The molecule has 1 saturated heterocycles. The molecule has 1 aliphatic rings. The maximum absolute atomic E-state index is 12.8. The molecule has 0 N–H and O–H groups in total. The smallest absolute Gasteiger partial charge is 0.365 e. The van der Waals surface area contributed by atoms with Gasteiger partial charge in [0.15, 0.2) is 6.10 Å². The first-order valence-corrected chi connectivity index (χ1v) is 7.35. The third kappa shape index (κ3) is 3.41. The second kappa shape index (κ2) is 6.35. The van der Waals surface area contributed by atoms with E-state index in [1.54, 1.807) is 26.8 Å². The maximum Gasteiger partial charge on any atom is 0.416 e. The number of morpholine rings is 1. The maximum atomic E-state index is 12.8. The predicted molar refractivity (Wildman–Crippen MR) is 77.5 cm³/mol. The molecule has 1 aromatic rings. The fourth-order valence-corrected chi connectivity index (χ4v) is 2.77. The molecular weight excluding hydrogens is 313 g/mol. The molecule has 8 heteroatoms. The Morgan fingerprint density at radius 2 is 2.04 bits per heavy atom. The standard InChI is InChI=1S/C15H19F3N2O3/c1-4-20-10(3)7-9(2)12(14(20)22)13(21)19-5-6-23-11(8-19)15(16,17)18/h7,11H,4-6,8H2,1-3H3/t11-/m0/s1. The monoisotopic (exact) mass is 332 g/mol. The van der Waals surface area contributed by atoms with Crippen molar-refractivity contribution in [1.82, 2.24) is 9.47 Å². The highest BCUT2D eigenvalue weighted by Gasteiger charge is 2.44. The summed E-state index contributed by atoms with van der Waals surface area (Å²) in [6.45, 7) is 4.75. The number of hydrogen-bond donors (Lipinski definition) is 0. The summed E-state index contributed by atoms with van der Waals surface area (Å²) in [5.74, 6) is -0.674. The Labute approximate surface area is 131 Å². The Morgan fingerprint density at radius 1 is 1.39 bits per heavy atom. The first kappa shape index (κ1) is 17.5. The highest BCUT2D eigenvalue weighted by atomic mass is 19.4. The second-order valence-corrected chi connectivity index (χ2v) is 5.55. The largest absolute Gasteiger partial charge is 0.416 e. The van der Waals surface area contributed by atoms with E-state index >= 15 is 0 Å². The molecule has 0 aliphatic carbocycles. The average Bonchev–Trinajstić information content (AvgIpc) is 2.46. The van der Waals surface area contributed by atoms with E-state index in [9.17, 15) is 22.8 Å². The van der Waals surface area contributed by atoms with E-state index in [0.717, 1.165) is 4.90 Å². The summed E-state index contributed by atoms with van der Waals surface area (Å²) >= 11 is 0. The molecule has 0 saturated carbocycles. The van der Waals surface area contributed by atoms with Crippen molar-refractivity contribution in [1.29, 1.82) is 0 Å². The van der Waals surface area contributed by atoms with E-state index in [0.29, 0.717) is 17.8 Å². The zero-order valence-electron chi connectivity index (χ0n) is 13.2. The Bertz CT molecular complexity index is 667. The lowest BCUT2D eigenvalue weighted by Crippen LogP contribution is -2.52. The van der Waals surface area contributed by atoms with Gasteiger partial charge in [0, 0.05) is 18.8 Å². The molecule has 0 spiro atoms. The van der Waals surface area contributed by atoms with E-state index in [4.69, 9.17) is 0 Å². The number of amides is 1. The highest BCUT2D eigenvalue weighted by Crippen LogP contribution is 2.26. The number of pyridine rings is 1. The molecule has 1 aliphatic heterocycles. The Morgan fingerprint density at radius 3 is 2.61 bits per heavy atom. The fraction of sp³-hybridized carbons (Fsp3) is 0.600. The normalized spacial score (nSPS) is 19.0. The summed E-state index contributed by atoms with van der Waals surface area (Å²) in [4.78, 5) is 26.1. The number of alkyl halides is 3. The zero-order valence-corrected chi connectivity index (χ0v) is 13.2. The van der Waals surface area contributed by atoms with Crippen molar-refractivity contribution in [2.45, 2.75) is 39.6 Å². The van der Waals surface area contributed by atoms with Crippen LogP contribution in [0.1, 0.15) is 28.5 Å². The number of aromatic nitrogens is 1. The molecule has 1 amide bonds. The van der Waals surface area contributed by atoms with E-state index in [1.165, 1.54) is 4.57 Å². The van der Waals surface area contributed by atoms with Gasteiger partial charge in [-0.3, -0.25) is 9.59 Å². The number of carbonyl (C=O) groups is 1. The van der Waals surface area contributed by atoms with Crippen LogP contribution in [0.15, 0.2) is 10.9 Å². The fourth-order valence-electron chi connectivity index (χ4n) is 2.77. The van der Waals surface area contributed by atoms with Crippen LogP contribution in [0, 0.1) is 13.8 Å². The third-order valence-electron chi connectivity index (χ3n) is 3.95. The SMILES string of the molecule is CCn1c(C)cc(C)c(C(=O)N2CCO[C@H](C(F)(F)F)C2)c1=O. The minimum atomic E-state index is -4.54. The van der Waals surface area contributed by atoms with Gasteiger partial charge in [-0.25, -0.2) is 0 Å². The van der Waals surface area contributed by atoms with Crippen molar-refractivity contribution in [3.63, 3.8) is 0 Å². The van der Waals surface area contributed by atoms with Crippen LogP contribution in [0.3, 0.4) is 0 Å². The van der Waals surface area contributed by atoms with E-state index in [-0.39, 0.29) is 18.7 Å². The molecular formula is C15H19F3N2O3. The van der Waals surface area contributed by atoms with Gasteiger partial charge in [0.1, 0.15) is 5.56 Å². The number of aryl methyl sites for hydroxylation is 2. The summed E-state index contributed by atoms with van der Waals surface area (Å²) in [7, 11) is 0. The molecule has 2 rings (SSSR count). The van der Waals surface area contributed by atoms with Crippen LogP contribution in [-0.4, -0.2) is 47.4 Å². The van der Waals surface area contributed by atoms with Crippen molar-refractivity contribution >= 4 is 5.91 Å². The van der Waals surface area contributed by atoms with Gasteiger partial charge in [0.2, 0.25) is 0 Å². The van der Waals surface area contributed by atoms with Crippen molar-refractivity contribution in [2.24, 2.45) is 0 Å². The number of halogens is 3. The second-order valence-electron chi connectivity index (χ2n) is 5.55. The lowest BCUT2D eigenvalue weighted by molar-refractivity contribution is -0.233. The van der Waals surface area contributed by atoms with Gasteiger partial charge in [-0.2, -0.15) is 13.2 Å². The van der Waals surface area contributed by atoms with Gasteiger partial charge in [-0.15, -0.1) is 0 Å². The lowest BCUT2D eigenvalue weighted by Gasteiger charge is -2.34. The van der Waals surface area contributed by atoms with Crippen LogP contribution in [0.25, 0.3) is 0 Å². The van der Waals surface area contributed by atoms with Gasteiger partial charge in [0.25, 0.3) is 11.5 Å². The number of rotatable bonds is 2. The minimum absolute atomic E-state index is 0.0320. The minimum Gasteiger partial charge on any atom is -0.365 e. The summed E-state index contributed by atoms with van der Waals surface area (Å²) < 4.78 is 44.5. The number of hydrogen-bond acceptors (Lipinski definition) is 3. The number of carbonyl (C=O) groups excluding carboxylic acids is 1. The van der Waals surface area contributed by atoms with Crippen LogP contribution in [0.5, 0.6) is 0 Å². The van der Waals surface area contributed by atoms with Crippen molar-refractivity contribution < 1.29 is 22.7 Å². The molecule has 128 valence electrons. The summed E-state index contributed by atoms with van der Waals surface area (Å²) in [5, 5.41) is 0. The average molecular weight is 332 g/mol. The molecule has 23 heavy (non-hydrogen) atoms. The van der Waals surface area contributed by atoms with Crippen LogP contribution in [0.4, 0.5) is 13.2 Å². The Kier molecular flexibility index (Phi) is 4.84. The topological polar surface area (TPSA) is 51.5 Å². The predicted octanol–water partition coefficient (Wildman–Crippen LogP) is 1.89. The molecule has 0 unspecified atom stereocenters. The Hall–Kier alpha value is -1.83. The van der Waals surface area contributed by atoms with Gasteiger partial charge in [0.05, 0.1) is 13.2 Å². The molecule has 0 bridgehead atoms. The first-order valence-electron chi connectivity index (χ1n) is 7.35. The van der Waals surface area contributed by atoms with Crippen LogP contribution >= 0.6 is 0 Å². The van der Waals surface area contributed by atoms with E-state index in [2.05, 4.69) is 4.74 Å². The van der Waals surface area contributed by atoms with Crippen LogP contribution in [-0.2, 0) is 11.3 Å². The number of ether oxygens (including phenoxy) is 1. The molecule has 1 fully saturated rings. The molecule has 1 aromatic heterocycles. The van der Waals surface area contributed by atoms with E-state index in [1.807, 2.05) is 0 Å². The quantitative estimate of drug-likeness (QED) is 0.831. The zero-order chi connectivity index (χ0) is 17.4. The molecule has 2 heterocycles. The van der Waals surface area contributed by atoms with Gasteiger partial charge in [-0.1, -0.05) is 0 Å². The summed E-state index contributed by atoms with van der Waals surface area (Å²) in [6, 6.07) is 1.69. The molecule has 0 radical (unpaired) electrons. The third-order valence-corrected chi connectivity index (χ3v) is 3.95. The van der Waals surface area contributed by atoms with Gasteiger partial charge >= 0.3 is 6.18 Å². The first-order chi connectivity index (χ1) is 10.7.